The Kier molecular flexibility index (Phi) is 16.8. The van der Waals surface area contributed by atoms with Gasteiger partial charge in [-0.3, -0.25) is 14.6 Å². The van der Waals surface area contributed by atoms with Crippen molar-refractivity contribution in [1.29, 1.82) is 0 Å². The predicted molar refractivity (Wildman–Crippen MR) is 73.9 cm³/mol. The van der Waals surface area contributed by atoms with Crippen LogP contribution in [0.3, 0.4) is 0 Å². The third kappa shape index (κ3) is 16.8. The van der Waals surface area contributed by atoms with E-state index < -0.39 is 11.9 Å². The molecule has 10 nitrogen and oxygen atoms in total. The fraction of sp³-hybridized carbons (Fsp3) is 0.833. The van der Waals surface area contributed by atoms with E-state index in [1.54, 1.807) is 0 Å². The third-order valence-corrected chi connectivity index (χ3v) is 2.38. The lowest BCUT2D eigenvalue weighted by atomic mass is 10.4. The van der Waals surface area contributed by atoms with Crippen LogP contribution >= 0.6 is 0 Å². The van der Waals surface area contributed by atoms with Crippen LogP contribution < -0.4 is 5.11 Å². The maximum absolute atomic E-state index is 10.2. The molecule has 0 saturated heterocycles. The average molecular weight is 325 g/mol. The standard InChI is InChI=1S/2C6H13NO4/c2*8-3-1-7(2-4-9)5-6(10)11/h2*8-9H,1-5H2,(H,10,11)/p-1. The number of carboxylic acid groups (broad SMARTS) is 2. The molecular formula is C12H25N2O8-. The molecule has 0 bridgehead atoms. The Labute approximate surface area is 128 Å². The molecule has 0 aliphatic heterocycles. The first-order valence-corrected chi connectivity index (χ1v) is 6.71. The molecule has 0 heterocycles. The van der Waals surface area contributed by atoms with E-state index in [9.17, 15) is 14.7 Å². The molecule has 0 amide bonds. The highest BCUT2D eigenvalue weighted by atomic mass is 16.4. The van der Waals surface area contributed by atoms with Crippen molar-refractivity contribution in [3.05, 3.63) is 0 Å². The fourth-order valence-electron chi connectivity index (χ4n) is 1.48. The van der Waals surface area contributed by atoms with Crippen LogP contribution in [0.4, 0.5) is 0 Å². The number of rotatable bonds is 12. The first-order valence-electron chi connectivity index (χ1n) is 6.71. The van der Waals surface area contributed by atoms with Gasteiger partial charge in [0.05, 0.1) is 38.9 Å². The highest BCUT2D eigenvalue weighted by molar-refractivity contribution is 5.69. The molecule has 0 aromatic heterocycles. The normalized spacial score (nSPS) is 10.5. The maximum atomic E-state index is 10.2. The minimum absolute atomic E-state index is 0.0900. The Balaban J connectivity index is 0. The van der Waals surface area contributed by atoms with Crippen LogP contribution in [0.2, 0.25) is 0 Å². The lowest BCUT2D eigenvalue weighted by Crippen LogP contribution is -2.40. The summed E-state index contributed by atoms with van der Waals surface area (Å²) in [6, 6.07) is 0. The van der Waals surface area contributed by atoms with Gasteiger partial charge in [0, 0.05) is 32.7 Å². The van der Waals surface area contributed by atoms with Gasteiger partial charge in [0.25, 0.3) is 0 Å². The van der Waals surface area contributed by atoms with Crippen LogP contribution in [0.25, 0.3) is 0 Å². The molecule has 0 radical (unpaired) electrons. The van der Waals surface area contributed by atoms with Crippen LogP contribution in [0, 0.1) is 0 Å². The van der Waals surface area contributed by atoms with E-state index >= 15 is 0 Å². The molecule has 5 N–H and O–H groups in total. The van der Waals surface area contributed by atoms with Crippen LogP contribution in [-0.4, -0.2) is 113 Å². The monoisotopic (exact) mass is 325 g/mol. The molecule has 10 heteroatoms. The van der Waals surface area contributed by atoms with E-state index in [0.29, 0.717) is 0 Å². The van der Waals surface area contributed by atoms with Crippen molar-refractivity contribution in [2.75, 3.05) is 65.7 Å². The number of aliphatic carboxylic acids is 2. The number of carbonyl (C=O) groups excluding carboxylic acids is 1. The first-order chi connectivity index (χ1) is 10.4. The van der Waals surface area contributed by atoms with E-state index in [-0.39, 0.29) is 65.7 Å². The van der Waals surface area contributed by atoms with Crippen molar-refractivity contribution in [3.8, 4) is 0 Å². The van der Waals surface area contributed by atoms with Gasteiger partial charge in [-0.1, -0.05) is 0 Å². The third-order valence-electron chi connectivity index (χ3n) is 2.38. The first kappa shape index (κ1) is 23.0. The second kappa shape index (κ2) is 16.1. The predicted octanol–water partition coefficient (Wildman–Crippen LogP) is -4.62. The number of nitrogens with zero attached hydrogens (tertiary/aromatic N) is 2. The topological polar surface area (TPSA) is 165 Å². The molecule has 0 rings (SSSR count). The number of carbonyl (C=O) groups is 2. The Morgan fingerprint density at radius 3 is 1.27 bits per heavy atom. The second-order valence-electron chi connectivity index (χ2n) is 4.21. The Bertz CT molecular complexity index is 250. The van der Waals surface area contributed by atoms with Gasteiger partial charge < -0.3 is 35.4 Å². The van der Waals surface area contributed by atoms with Crippen LogP contribution in [0.5, 0.6) is 0 Å². The van der Waals surface area contributed by atoms with Crippen molar-refractivity contribution in [2.45, 2.75) is 0 Å². The summed E-state index contributed by atoms with van der Waals surface area (Å²) >= 11 is 0. The van der Waals surface area contributed by atoms with Gasteiger partial charge in [-0.2, -0.15) is 0 Å². The molecular weight excluding hydrogens is 300 g/mol. The zero-order chi connectivity index (χ0) is 17.4. The SMILES string of the molecule is O=C(O)CN(CCO)CCO.O=C([O-])CN(CCO)CCO. The van der Waals surface area contributed by atoms with Crippen molar-refractivity contribution in [2.24, 2.45) is 0 Å². The summed E-state index contributed by atoms with van der Waals surface area (Å²) in [4.78, 5) is 23.1. The molecule has 0 spiro atoms. The largest absolute Gasteiger partial charge is 0.549 e. The summed E-state index contributed by atoms with van der Waals surface area (Å²) in [6.45, 7) is 0.256. The van der Waals surface area contributed by atoms with Gasteiger partial charge in [0.1, 0.15) is 0 Å². The lowest BCUT2D eigenvalue weighted by Gasteiger charge is -2.19. The molecule has 0 atom stereocenters. The van der Waals surface area contributed by atoms with E-state index in [0.717, 1.165) is 0 Å². The summed E-state index contributed by atoms with van der Waals surface area (Å²) < 4.78 is 0. The Hall–Kier alpha value is -1.30. The Morgan fingerprint density at radius 1 is 0.727 bits per heavy atom. The second-order valence-corrected chi connectivity index (χ2v) is 4.21. The average Bonchev–Trinajstić information content (AvgIpc) is 2.39. The summed E-state index contributed by atoms with van der Waals surface area (Å²) in [5, 5.41) is 52.2. The van der Waals surface area contributed by atoms with Gasteiger partial charge >= 0.3 is 5.97 Å². The maximum Gasteiger partial charge on any atom is 0.317 e. The summed E-state index contributed by atoms with van der Waals surface area (Å²) in [6.07, 6.45) is 0. The number of aliphatic hydroxyl groups excluding tert-OH is 4. The van der Waals surface area contributed by atoms with E-state index in [1.807, 2.05) is 0 Å². The van der Waals surface area contributed by atoms with Crippen LogP contribution in [0.1, 0.15) is 0 Å². The number of carboxylic acids is 2. The van der Waals surface area contributed by atoms with Gasteiger partial charge in [0.15, 0.2) is 0 Å². The van der Waals surface area contributed by atoms with Crippen molar-refractivity contribution in [1.82, 2.24) is 9.80 Å². The quantitative estimate of drug-likeness (QED) is 0.236. The molecule has 132 valence electrons. The van der Waals surface area contributed by atoms with E-state index in [4.69, 9.17) is 25.5 Å². The Morgan fingerprint density at radius 2 is 1.05 bits per heavy atom. The zero-order valence-electron chi connectivity index (χ0n) is 12.4. The molecule has 0 aliphatic rings. The minimum atomic E-state index is -1.20. The number of aliphatic hydroxyl groups is 4. The molecule has 0 aliphatic carbocycles. The van der Waals surface area contributed by atoms with Crippen molar-refractivity contribution < 1.29 is 40.2 Å². The van der Waals surface area contributed by atoms with Crippen LogP contribution in [-0.2, 0) is 9.59 Å². The van der Waals surface area contributed by atoms with Crippen molar-refractivity contribution in [3.63, 3.8) is 0 Å². The fourth-order valence-corrected chi connectivity index (χ4v) is 1.48. The molecule has 0 unspecified atom stereocenters. The zero-order valence-corrected chi connectivity index (χ0v) is 12.4. The molecule has 0 aromatic rings. The summed E-state index contributed by atoms with van der Waals surface area (Å²) in [5.41, 5.74) is 0. The lowest BCUT2D eigenvalue weighted by molar-refractivity contribution is -0.306. The molecule has 22 heavy (non-hydrogen) atoms. The van der Waals surface area contributed by atoms with Crippen molar-refractivity contribution >= 4 is 11.9 Å². The van der Waals surface area contributed by atoms with Gasteiger partial charge in [-0.15, -0.1) is 0 Å². The minimum Gasteiger partial charge on any atom is -0.549 e. The molecule has 0 aromatic carbocycles. The van der Waals surface area contributed by atoms with E-state index in [1.165, 1.54) is 9.80 Å². The van der Waals surface area contributed by atoms with Gasteiger partial charge in [-0.25, -0.2) is 0 Å². The summed E-state index contributed by atoms with van der Waals surface area (Å²) in [7, 11) is 0. The highest BCUT2D eigenvalue weighted by Gasteiger charge is 2.07. The smallest absolute Gasteiger partial charge is 0.317 e. The van der Waals surface area contributed by atoms with Gasteiger partial charge in [-0.05, 0) is 0 Å². The van der Waals surface area contributed by atoms with E-state index in [2.05, 4.69) is 0 Å². The number of hydrogen-bond acceptors (Lipinski definition) is 9. The molecule has 0 fully saturated rings. The summed E-state index contributed by atoms with van der Waals surface area (Å²) in [5.74, 6) is -2.15. The number of hydrogen-bond donors (Lipinski definition) is 5. The van der Waals surface area contributed by atoms with Gasteiger partial charge in [0.2, 0.25) is 0 Å². The molecule has 0 saturated carbocycles. The van der Waals surface area contributed by atoms with Crippen LogP contribution in [0.15, 0.2) is 0 Å². The highest BCUT2D eigenvalue weighted by Crippen LogP contribution is 1.85.